The van der Waals surface area contributed by atoms with Gasteiger partial charge in [-0.25, -0.2) is 9.89 Å². The van der Waals surface area contributed by atoms with E-state index < -0.39 is 11.7 Å². The Labute approximate surface area is 228 Å². The summed E-state index contributed by atoms with van der Waals surface area (Å²) in [6.07, 6.45) is 2.65. The molecule has 0 aliphatic rings. The van der Waals surface area contributed by atoms with Gasteiger partial charge in [-0.1, -0.05) is 17.7 Å². The molecule has 0 atom stereocenters. The molecule has 5 aromatic rings. The zero-order valence-electron chi connectivity index (χ0n) is 21.7. The van der Waals surface area contributed by atoms with Crippen LogP contribution in [-0.2, 0) is 18.3 Å². The number of hydrogen-bond donors (Lipinski definition) is 2. The van der Waals surface area contributed by atoms with Gasteiger partial charge in [0.2, 0.25) is 0 Å². The Morgan fingerprint density at radius 2 is 1.92 bits per heavy atom. The van der Waals surface area contributed by atoms with E-state index in [1.807, 2.05) is 24.3 Å². The number of ether oxygens (including phenoxy) is 1. The van der Waals surface area contributed by atoms with E-state index in [9.17, 15) is 14.9 Å². The molecule has 196 valence electrons. The molecule has 0 saturated carbocycles. The van der Waals surface area contributed by atoms with E-state index in [2.05, 4.69) is 31.7 Å². The normalized spacial score (nSPS) is 11.5. The molecule has 1 amide bonds. The summed E-state index contributed by atoms with van der Waals surface area (Å²) in [6.45, 7) is 5.37. The van der Waals surface area contributed by atoms with E-state index >= 15 is 0 Å². The van der Waals surface area contributed by atoms with Crippen LogP contribution >= 0.6 is 11.6 Å². The number of fused-ring (bicyclic) bond motifs is 2. The molecular formula is C28H24ClN7O3. The number of aryl methyl sites for hydroxylation is 1. The first-order chi connectivity index (χ1) is 18.6. The second-order valence-electron chi connectivity index (χ2n) is 9.97. The monoisotopic (exact) mass is 541 g/mol. The minimum absolute atomic E-state index is 0.0442. The van der Waals surface area contributed by atoms with E-state index in [0.717, 1.165) is 11.1 Å². The van der Waals surface area contributed by atoms with Crippen LogP contribution in [0.25, 0.3) is 44.1 Å². The molecule has 0 bridgehead atoms. The molecule has 0 aliphatic heterocycles. The number of carbonyl (C=O) groups is 1. The van der Waals surface area contributed by atoms with Gasteiger partial charge in [0, 0.05) is 35.1 Å². The largest absolute Gasteiger partial charge is 0.444 e. The van der Waals surface area contributed by atoms with Crippen LogP contribution in [-0.4, -0.2) is 36.7 Å². The highest BCUT2D eigenvalue weighted by Crippen LogP contribution is 2.37. The van der Waals surface area contributed by atoms with Crippen molar-refractivity contribution in [1.82, 2.24) is 30.3 Å². The Hall–Kier alpha value is -4.75. The summed E-state index contributed by atoms with van der Waals surface area (Å²) in [5.74, 6) is 0. The zero-order chi connectivity index (χ0) is 27.9. The Kier molecular flexibility index (Phi) is 6.54. The lowest BCUT2D eigenvalue weighted by Crippen LogP contribution is -2.32. The van der Waals surface area contributed by atoms with Crippen LogP contribution in [0.2, 0.25) is 5.02 Å². The first kappa shape index (κ1) is 25.9. The van der Waals surface area contributed by atoms with Gasteiger partial charge in [-0.2, -0.15) is 15.5 Å². The molecule has 5 rings (SSSR count). The van der Waals surface area contributed by atoms with Crippen LogP contribution in [0, 0.1) is 11.3 Å². The molecule has 2 N–H and O–H groups in total. The number of benzene rings is 2. The van der Waals surface area contributed by atoms with Crippen molar-refractivity contribution < 1.29 is 9.53 Å². The first-order valence-electron chi connectivity index (χ1n) is 12.0. The maximum atomic E-state index is 12.5. The number of H-pyrrole nitrogens is 1. The number of nitrogens with one attached hydrogen (secondary N) is 2. The second-order valence-corrected chi connectivity index (χ2v) is 10.4. The number of carbonyl (C=O) groups excluding carboxylic acids is 1. The van der Waals surface area contributed by atoms with Crippen molar-refractivity contribution in [3.8, 4) is 28.5 Å². The van der Waals surface area contributed by atoms with Gasteiger partial charge in [0.15, 0.2) is 0 Å². The maximum Gasteiger partial charge on any atom is 0.407 e. The lowest BCUT2D eigenvalue weighted by Gasteiger charge is -2.19. The summed E-state index contributed by atoms with van der Waals surface area (Å²) in [6, 6.07) is 13.0. The highest BCUT2D eigenvalue weighted by Gasteiger charge is 2.20. The average molecular weight is 542 g/mol. The molecule has 0 fully saturated rings. The van der Waals surface area contributed by atoms with Crippen molar-refractivity contribution in [2.75, 3.05) is 0 Å². The summed E-state index contributed by atoms with van der Waals surface area (Å²) < 4.78 is 7.01. The molecule has 0 unspecified atom stereocenters. The van der Waals surface area contributed by atoms with Crippen molar-refractivity contribution in [1.29, 1.82) is 5.26 Å². The van der Waals surface area contributed by atoms with Gasteiger partial charge >= 0.3 is 6.09 Å². The first-order valence-corrected chi connectivity index (χ1v) is 12.4. The van der Waals surface area contributed by atoms with E-state index in [1.165, 1.54) is 0 Å². The van der Waals surface area contributed by atoms with E-state index in [-0.39, 0.29) is 12.1 Å². The third-order valence-electron chi connectivity index (χ3n) is 6.11. The molecule has 0 saturated heterocycles. The number of rotatable bonds is 4. The van der Waals surface area contributed by atoms with Crippen molar-refractivity contribution >= 4 is 39.4 Å². The molecule has 0 aliphatic carbocycles. The number of nitriles is 1. The molecule has 2 aromatic carbocycles. The van der Waals surface area contributed by atoms with Crippen LogP contribution in [0.15, 0.2) is 53.6 Å². The summed E-state index contributed by atoms with van der Waals surface area (Å²) in [5.41, 5.74) is 3.41. The average Bonchev–Trinajstić information content (AvgIpc) is 3.27. The number of alkyl carbamates (subject to hydrolysis) is 1. The van der Waals surface area contributed by atoms with Crippen molar-refractivity contribution in [2.45, 2.75) is 32.9 Å². The number of halogens is 1. The fraction of sp³-hybridized carbons (Fsp3) is 0.214. The van der Waals surface area contributed by atoms with E-state index in [4.69, 9.17) is 16.3 Å². The quantitative estimate of drug-likeness (QED) is 0.323. The summed E-state index contributed by atoms with van der Waals surface area (Å²) in [5, 5.41) is 26.0. The van der Waals surface area contributed by atoms with E-state index in [0.29, 0.717) is 49.2 Å². The number of nitrogens with zero attached hydrogens (tertiary/aromatic N) is 5. The summed E-state index contributed by atoms with van der Waals surface area (Å²) in [4.78, 5) is 29.1. The van der Waals surface area contributed by atoms with Crippen LogP contribution in [0.4, 0.5) is 4.79 Å². The second kappa shape index (κ2) is 9.85. The molecule has 3 heterocycles. The van der Waals surface area contributed by atoms with Crippen molar-refractivity contribution in [3.63, 3.8) is 0 Å². The van der Waals surface area contributed by atoms with Crippen molar-refractivity contribution in [2.24, 2.45) is 7.05 Å². The Bertz CT molecular complexity index is 1860. The number of aromatic amines is 1. The molecule has 39 heavy (non-hydrogen) atoms. The predicted octanol–water partition coefficient (Wildman–Crippen LogP) is 5.09. The van der Waals surface area contributed by atoms with Crippen LogP contribution in [0.3, 0.4) is 0 Å². The Balaban J connectivity index is 1.62. The Morgan fingerprint density at radius 3 is 2.67 bits per heavy atom. The standard InChI is InChI=1S/C28H24ClN7O3/c1-28(2,3)39-27(38)32-14-24-19-9-15(5-6-18(19)26(37)35-34-24)22-13-33-36(4)25(22)17-7-8-23-20(21(17)11-30)10-16(29)12-31-23/h5-10,12-13H,14H2,1-4H3,(H,32,38)(H,35,37). The van der Waals surface area contributed by atoms with Gasteiger partial charge in [-0.05, 0) is 56.7 Å². The number of aromatic nitrogens is 5. The minimum Gasteiger partial charge on any atom is -0.444 e. The van der Waals surface area contributed by atoms with Gasteiger partial charge in [0.25, 0.3) is 5.56 Å². The lowest BCUT2D eigenvalue weighted by molar-refractivity contribution is 0.0523. The third-order valence-corrected chi connectivity index (χ3v) is 6.32. The van der Waals surface area contributed by atoms with E-state index in [1.54, 1.807) is 57.0 Å². The molecule has 0 radical (unpaired) electrons. The van der Waals surface area contributed by atoms with Gasteiger partial charge in [0.05, 0.1) is 45.6 Å². The molecule has 3 aromatic heterocycles. The smallest absolute Gasteiger partial charge is 0.407 e. The maximum absolute atomic E-state index is 12.5. The highest BCUT2D eigenvalue weighted by atomic mass is 35.5. The van der Waals surface area contributed by atoms with Gasteiger partial charge in [0.1, 0.15) is 11.7 Å². The third kappa shape index (κ3) is 5.04. The van der Waals surface area contributed by atoms with Crippen molar-refractivity contribution in [3.05, 3.63) is 75.4 Å². The highest BCUT2D eigenvalue weighted by molar-refractivity contribution is 6.31. The molecule has 11 heteroatoms. The summed E-state index contributed by atoms with van der Waals surface area (Å²) in [7, 11) is 1.80. The Morgan fingerprint density at radius 1 is 1.13 bits per heavy atom. The molecule has 10 nitrogen and oxygen atoms in total. The van der Waals surface area contributed by atoms with Gasteiger partial charge in [-0.15, -0.1) is 0 Å². The van der Waals surface area contributed by atoms with Crippen LogP contribution < -0.4 is 10.9 Å². The zero-order valence-corrected chi connectivity index (χ0v) is 22.4. The summed E-state index contributed by atoms with van der Waals surface area (Å²) >= 11 is 6.19. The van der Waals surface area contributed by atoms with Gasteiger partial charge in [-0.3, -0.25) is 14.5 Å². The number of pyridine rings is 1. The number of hydrogen-bond acceptors (Lipinski definition) is 7. The molecule has 0 spiro atoms. The molecular weight excluding hydrogens is 518 g/mol. The SMILES string of the molecule is Cn1ncc(-c2ccc3c(=O)[nH]nc(CNC(=O)OC(C)(C)C)c3c2)c1-c1ccc2ncc(Cl)cc2c1C#N. The fourth-order valence-electron chi connectivity index (χ4n) is 4.45. The minimum atomic E-state index is -0.652. The lowest BCUT2D eigenvalue weighted by atomic mass is 9.94. The van der Waals surface area contributed by atoms with Crippen LogP contribution in [0.1, 0.15) is 32.0 Å². The topological polar surface area (TPSA) is 139 Å². The predicted molar refractivity (Wildman–Crippen MR) is 148 cm³/mol. The number of amides is 1. The van der Waals surface area contributed by atoms with Crippen LogP contribution in [0.5, 0.6) is 0 Å². The fourth-order valence-corrected chi connectivity index (χ4v) is 4.61. The van der Waals surface area contributed by atoms with Gasteiger partial charge < -0.3 is 10.1 Å².